The van der Waals surface area contributed by atoms with Gasteiger partial charge in [-0.3, -0.25) is 10.4 Å². The number of aromatic nitrogens is 1. The first-order valence-electron chi connectivity index (χ1n) is 8.28. The second-order valence-electron chi connectivity index (χ2n) is 6.29. The van der Waals surface area contributed by atoms with Crippen molar-refractivity contribution >= 4 is 16.7 Å². The van der Waals surface area contributed by atoms with E-state index in [4.69, 9.17) is 21.1 Å². The first-order chi connectivity index (χ1) is 12.6. The van der Waals surface area contributed by atoms with Gasteiger partial charge in [-0.05, 0) is 46.8 Å². The number of hydrogen-bond donors (Lipinski definition) is 2. The average Bonchev–Trinajstić information content (AvgIpc) is 2.63. The molecule has 0 amide bonds. The van der Waals surface area contributed by atoms with Gasteiger partial charge in [0.05, 0.1) is 24.7 Å². The summed E-state index contributed by atoms with van der Waals surface area (Å²) >= 11 is 0. The van der Waals surface area contributed by atoms with Gasteiger partial charge in [0.2, 0.25) is 0 Å². The molecule has 0 radical (unpaired) electrons. The van der Waals surface area contributed by atoms with Gasteiger partial charge in [-0.25, -0.2) is 0 Å². The first-order valence-corrected chi connectivity index (χ1v) is 8.28. The van der Waals surface area contributed by atoms with E-state index in [0.29, 0.717) is 18.7 Å². The molecular formula is C20H17N5O. The van der Waals surface area contributed by atoms with E-state index < -0.39 is 0 Å². The fourth-order valence-corrected chi connectivity index (χ4v) is 3.09. The predicted molar refractivity (Wildman–Crippen MR) is 99.8 cm³/mol. The van der Waals surface area contributed by atoms with Crippen LogP contribution in [-0.2, 0) is 0 Å². The lowest BCUT2D eigenvalue weighted by atomic mass is 10.00. The van der Waals surface area contributed by atoms with Crippen molar-refractivity contribution < 1.29 is 4.74 Å². The zero-order valence-electron chi connectivity index (χ0n) is 14.0. The highest BCUT2D eigenvalue weighted by Crippen LogP contribution is 2.33. The van der Waals surface area contributed by atoms with Crippen LogP contribution in [0.4, 0.5) is 0 Å². The third kappa shape index (κ3) is 2.91. The molecule has 3 aromatic rings. The molecule has 26 heavy (non-hydrogen) atoms. The molecule has 0 bridgehead atoms. The van der Waals surface area contributed by atoms with Crippen molar-refractivity contribution in [2.75, 3.05) is 13.1 Å². The lowest BCUT2D eigenvalue weighted by Crippen LogP contribution is -2.58. The summed E-state index contributed by atoms with van der Waals surface area (Å²) in [5.41, 5.74) is 8.06. The van der Waals surface area contributed by atoms with E-state index in [1.807, 2.05) is 30.3 Å². The molecule has 0 aliphatic carbocycles. The Bertz CT molecular complexity index is 1030. The van der Waals surface area contributed by atoms with Crippen molar-refractivity contribution in [2.45, 2.75) is 6.10 Å². The van der Waals surface area contributed by atoms with Gasteiger partial charge in [-0.15, -0.1) is 0 Å². The van der Waals surface area contributed by atoms with Crippen LogP contribution in [0, 0.1) is 16.7 Å². The van der Waals surface area contributed by atoms with Gasteiger partial charge in [-0.1, -0.05) is 12.1 Å². The number of ether oxygens (including phenoxy) is 1. The van der Waals surface area contributed by atoms with Crippen molar-refractivity contribution in [3.63, 3.8) is 0 Å². The Labute approximate surface area is 150 Å². The normalized spacial score (nSPS) is 13.9. The van der Waals surface area contributed by atoms with Crippen LogP contribution in [0.5, 0.6) is 5.75 Å². The van der Waals surface area contributed by atoms with E-state index in [9.17, 15) is 0 Å². The molecule has 2 heterocycles. The highest BCUT2D eigenvalue weighted by Gasteiger charge is 2.29. The molecule has 3 N–H and O–H groups in total. The van der Waals surface area contributed by atoms with Crippen LogP contribution < -0.4 is 10.5 Å². The third-order valence-corrected chi connectivity index (χ3v) is 4.53. The van der Waals surface area contributed by atoms with Gasteiger partial charge < -0.3 is 15.4 Å². The maximum Gasteiger partial charge on any atom is 0.188 e. The number of nitrogens with zero attached hydrogens (tertiary/aromatic N) is 3. The van der Waals surface area contributed by atoms with Crippen molar-refractivity contribution in [2.24, 2.45) is 5.73 Å². The molecule has 1 saturated heterocycles. The fourth-order valence-electron chi connectivity index (χ4n) is 3.09. The minimum absolute atomic E-state index is 0.0111. The molecule has 1 fully saturated rings. The molecule has 1 aliphatic rings. The summed E-state index contributed by atoms with van der Waals surface area (Å²) in [6.45, 7) is 1.20. The largest absolute Gasteiger partial charge is 0.486 e. The van der Waals surface area contributed by atoms with E-state index in [1.165, 1.54) is 0 Å². The van der Waals surface area contributed by atoms with Crippen LogP contribution in [0.1, 0.15) is 5.56 Å². The highest BCUT2D eigenvalue weighted by atomic mass is 16.5. The van der Waals surface area contributed by atoms with Crippen molar-refractivity contribution in [1.29, 1.82) is 10.7 Å². The van der Waals surface area contributed by atoms with E-state index in [0.717, 1.165) is 27.6 Å². The Morgan fingerprint density at radius 1 is 1.23 bits per heavy atom. The molecular weight excluding hydrogens is 326 g/mol. The number of fused-ring (bicyclic) bond motifs is 1. The van der Waals surface area contributed by atoms with Crippen LogP contribution in [0.15, 0.2) is 54.9 Å². The summed E-state index contributed by atoms with van der Waals surface area (Å²) in [5.74, 6) is 0.819. The van der Waals surface area contributed by atoms with Gasteiger partial charge in [-0.2, -0.15) is 5.26 Å². The van der Waals surface area contributed by atoms with Crippen LogP contribution >= 0.6 is 0 Å². The van der Waals surface area contributed by atoms with Crippen LogP contribution in [0.3, 0.4) is 0 Å². The Hall–Kier alpha value is -3.59. The Morgan fingerprint density at radius 3 is 2.85 bits per heavy atom. The van der Waals surface area contributed by atoms with Gasteiger partial charge in [0.1, 0.15) is 11.9 Å². The molecule has 0 atom stereocenters. The molecule has 4 rings (SSSR count). The Morgan fingerprint density at radius 2 is 2.08 bits per heavy atom. The zero-order chi connectivity index (χ0) is 18.1. The number of nitrogens with two attached hydrogens (primary N) is 1. The lowest BCUT2D eigenvalue weighted by Gasteiger charge is -2.39. The van der Waals surface area contributed by atoms with Gasteiger partial charge in [0, 0.05) is 17.8 Å². The topological polar surface area (TPSA) is 99.0 Å². The molecule has 2 aromatic carbocycles. The smallest absolute Gasteiger partial charge is 0.188 e. The summed E-state index contributed by atoms with van der Waals surface area (Å²) in [5, 5.41) is 18.6. The molecule has 1 aliphatic heterocycles. The molecule has 128 valence electrons. The quantitative estimate of drug-likeness (QED) is 0.563. The van der Waals surface area contributed by atoms with Crippen molar-refractivity contribution in [3.8, 4) is 22.9 Å². The van der Waals surface area contributed by atoms with E-state index in [-0.39, 0.29) is 12.1 Å². The summed E-state index contributed by atoms with van der Waals surface area (Å²) in [6, 6.07) is 15.7. The zero-order valence-corrected chi connectivity index (χ0v) is 14.0. The molecule has 6 nitrogen and oxygen atoms in total. The number of benzene rings is 2. The molecule has 0 saturated carbocycles. The highest BCUT2D eigenvalue weighted by molar-refractivity contribution is 5.92. The molecule has 6 heteroatoms. The lowest BCUT2D eigenvalue weighted by molar-refractivity contribution is 0.0676. The number of hydrogen-bond acceptors (Lipinski definition) is 4. The van der Waals surface area contributed by atoms with E-state index >= 15 is 0 Å². The SMILES string of the molecule is N#Cc1cccc(-c2cc(OC3CN(C(=N)N)C3)c3cnccc3c2)c1. The maximum absolute atomic E-state index is 9.15. The van der Waals surface area contributed by atoms with Crippen molar-refractivity contribution in [1.82, 2.24) is 9.88 Å². The maximum atomic E-state index is 9.15. The monoisotopic (exact) mass is 343 g/mol. The summed E-state index contributed by atoms with van der Waals surface area (Å²) in [6.07, 6.45) is 3.53. The molecule has 1 aromatic heterocycles. The minimum atomic E-state index is -0.0111. The van der Waals surface area contributed by atoms with E-state index in [1.54, 1.807) is 23.4 Å². The van der Waals surface area contributed by atoms with Crippen LogP contribution in [-0.4, -0.2) is 35.0 Å². The third-order valence-electron chi connectivity index (χ3n) is 4.53. The summed E-state index contributed by atoms with van der Waals surface area (Å²) in [4.78, 5) is 5.97. The summed E-state index contributed by atoms with van der Waals surface area (Å²) in [7, 11) is 0. The average molecular weight is 343 g/mol. The minimum Gasteiger partial charge on any atom is -0.486 e. The molecule has 0 unspecified atom stereocenters. The molecule has 0 spiro atoms. The number of guanidine groups is 1. The summed E-state index contributed by atoms with van der Waals surface area (Å²) < 4.78 is 6.16. The van der Waals surface area contributed by atoms with Gasteiger partial charge >= 0.3 is 0 Å². The number of pyridine rings is 1. The Kier molecular flexibility index (Phi) is 3.90. The van der Waals surface area contributed by atoms with E-state index in [2.05, 4.69) is 17.1 Å². The number of rotatable bonds is 3. The van der Waals surface area contributed by atoms with Crippen LogP contribution in [0.2, 0.25) is 0 Å². The number of likely N-dealkylation sites (tertiary alicyclic amines) is 1. The number of nitrogens with one attached hydrogen (secondary N) is 1. The Balaban J connectivity index is 1.72. The van der Waals surface area contributed by atoms with Gasteiger partial charge in [0.25, 0.3) is 0 Å². The predicted octanol–water partition coefficient (Wildman–Crippen LogP) is 2.73. The fraction of sp³-hybridized carbons (Fsp3) is 0.150. The van der Waals surface area contributed by atoms with Crippen molar-refractivity contribution in [3.05, 3.63) is 60.4 Å². The first kappa shape index (κ1) is 15.9. The van der Waals surface area contributed by atoms with Crippen LogP contribution in [0.25, 0.3) is 21.9 Å². The second-order valence-corrected chi connectivity index (χ2v) is 6.29. The standard InChI is InChI=1S/C20H17N5O/c21-9-13-2-1-3-14(6-13)16-7-15-4-5-24-10-18(15)19(8-16)26-17-11-25(12-17)20(22)23/h1-8,10,17H,11-12H2,(H3,22,23). The second kappa shape index (κ2) is 6.37. The van der Waals surface area contributed by atoms with Gasteiger partial charge in [0.15, 0.2) is 5.96 Å². The number of nitriles is 1.